The van der Waals surface area contributed by atoms with Crippen molar-refractivity contribution in [2.45, 2.75) is 0 Å². The lowest BCUT2D eigenvalue weighted by atomic mass is 10.1. The summed E-state index contributed by atoms with van der Waals surface area (Å²) in [5.41, 5.74) is 6.77. The highest BCUT2D eigenvalue weighted by molar-refractivity contribution is 6.34. The van der Waals surface area contributed by atoms with E-state index in [0.717, 1.165) is 0 Å². The monoisotopic (exact) mass is 310 g/mol. The van der Waals surface area contributed by atoms with Crippen LogP contribution >= 0.6 is 23.2 Å². The van der Waals surface area contributed by atoms with Crippen LogP contribution in [0, 0.1) is 0 Å². The molecule has 4 nitrogen and oxygen atoms in total. The lowest BCUT2D eigenvalue weighted by Crippen LogP contribution is -2.14. The second-order valence-electron chi connectivity index (χ2n) is 4.00. The van der Waals surface area contributed by atoms with Gasteiger partial charge in [0.15, 0.2) is 0 Å². The summed E-state index contributed by atoms with van der Waals surface area (Å²) in [6, 6.07) is 9.80. The quantitative estimate of drug-likeness (QED) is 0.847. The standard InChI is InChI=1S/C14H12Cl2N2O2/c1-20-12-6-5-8(15)7-11(12)18-14(19)9-3-2-4-10(16)13(9)17/h2-7H,17H2,1H3,(H,18,19). The predicted octanol–water partition coefficient (Wildman–Crippen LogP) is 3.84. The first-order chi connectivity index (χ1) is 9.52. The molecule has 0 atom stereocenters. The Bertz CT molecular complexity index is 660. The second-order valence-corrected chi connectivity index (χ2v) is 4.84. The molecule has 2 aromatic carbocycles. The highest BCUT2D eigenvalue weighted by Crippen LogP contribution is 2.29. The molecule has 0 radical (unpaired) electrons. The number of hydrogen-bond acceptors (Lipinski definition) is 3. The second kappa shape index (κ2) is 6.03. The lowest BCUT2D eigenvalue weighted by molar-refractivity contribution is 0.102. The van der Waals surface area contributed by atoms with Gasteiger partial charge in [0.2, 0.25) is 0 Å². The van der Waals surface area contributed by atoms with Crippen molar-refractivity contribution in [3.63, 3.8) is 0 Å². The zero-order valence-corrected chi connectivity index (χ0v) is 12.1. The smallest absolute Gasteiger partial charge is 0.257 e. The van der Waals surface area contributed by atoms with Crippen LogP contribution in [0.2, 0.25) is 10.0 Å². The van der Waals surface area contributed by atoms with E-state index in [1.54, 1.807) is 36.4 Å². The minimum absolute atomic E-state index is 0.229. The van der Waals surface area contributed by atoms with Gasteiger partial charge in [0.05, 0.1) is 29.1 Å². The molecule has 0 bridgehead atoms. The van der Waals surface area contributed by atoms with Gasteiger partial charge in [-0.05, 0) is 30.3 Å². The van der Waals surface area contributed by atoms with Crippen LogP contribution in [0.5, 0.6) is 5.75 Å². The Balaban J connectivity index is 2.32. The van der Waals surface area contributed by atoms with Crippen LogP contribution in [0.3, 0.4) is 0 Å². The number of methoxy groups -OCH3 is 1. The highest BCUT2D eigenvalue weighted by Gasteiger charge is 2.14. The van der Waals surface area contributed by atoms with E-state index < -0.39 is 0 Å². The van der Waals surface area contributed by atoms with Crippen molar-refractivity contribution in [2.75, 3.05) is 18.2 Å². The number of benzene rings is 2. The molecule has 0 fully saturated rings. The summed E-state index contributed by atoms with van der Waals surface area (Å²) in [5, 5.41) is 3.52. The van der Waals surface area contributed by atoms with E-state index in [-0.39, 0.29) is 11.6 Å². The Morgan fingerprint density at radius 3 is 2.70 bits per heavy atom. The number of nitrogens with two attached hydrogens (primary N) is 1. The van der Waals surface area contributed by atoms with Gasteiger partial charge in [-0.25, -0.2) is 0 Å². The number of rotatable bonds is 3. The Morgan fingerprint density at radius 1 is 1.25 bits per heavy atom. The van der Waals surface area contributed by atoms with E-state index in [2.05, 4.69) is 5.32 Å². The lowest BCUT2D eigenvalue weighted by Gasteiger charge is -2.12. The summed E-state index contributed by atoms with van der Waals surface area (Å²) in [6.45, 7) is 0. The number of hydrogen-bond donors (Lipinski definition) is 2. The molecule has 20 heavy (non-hydrogen) atoms. The Hall–Kier alpha value is -1.91. The molecule has 1 amide bonds. The topological polar surface area (TPSA) is 64.3 Å². The normalized spacial score (nSPS) is 10.2. The van der Waals surface area contributed by atoms with E-state index in [1.807, 2.05) is 0 Å². The van der Waals surface area contributed by atoms with Gasteiger partial charge < -0.3 is 15.8 Å². The van der Waals surface area contributed by atoms with E-state index in [9.17, 15) is 4.79 Å². The molecule has 0 unspecified atom stereocenters. The zero-order chi connectivity index (χ0) is 14.7. The number of halogens is 2. The van der Waals surface area contributed by atoms with Crippen LogP contribution in [0.15, 0.2) is 36.4 Å². The molecular weight excluding hydrogens is 299 g/mol. The first kappa shape index (κ1) is 14.5. The maximum absolute atomic E-state index is 12.2. The van der Waals surface area contributed by atoms with Crippen molar-refractivity contribution in [1.82, 2.24) is 0 Å². The molecule has 2 rings (SSSR count). The molecule has 0 aliphatic heterocycles. The minimum atomic E-state index is -0.384. The minimum Gasteiger partial charge on any atom is -0.495 e. The number of carbonyl (C=O) groups excluding carboxylic acids is 1. The van der Waals surface area contributed by atoms with Crippen LogP contribution in [-0.4, -0.2) is 13.0 Å². The van der Waals surface area contributed by atoms with E-state index in [4.69, 9.17) is 33.7 Å². The fourth-order valence-electron chi connectivity index (χ4n) is 1.70. The van der Waals surface area contributed by atoms with Crippen molar-refractivity contribution >= 4 is 40.5 Å². The number of anilines is 2. The van der Waals surface area contributed by atoms with Crippen LogP contribution in [0.25, 0.3) is 0 Å². The van der Waals surface area contributed by atoms with E-state index in [1.165, 1.54) is 7.11 Å². The van der Waals surface area contributed by atoms with E-state index in [0.29, 0.717) is 27.0 Å². The number of ether oxygens (including phenoxy) is 1. The fraction of sp³-hybridized carbons (Fsp3) is 0.0714. The molecule has 0 aromatic heterocycles. The SMILES string of the molecule is COc1ccc(Cl)cc1NC(=O)c1cccc(Cl)c1N. The summed E-state index contributed by atoms with van der Waals surface area (Å²) in [4.78, 5) is 12.2. The van der Waals surface area contributed by atoms with Gasteiger partial charge in [-0.3, -0.25) is 4.79 Å². The number of para-hydroxylation sites is 1. The molecule has 0 saturated carbocycles. The summed E-state index contributed by atoms with van der Waals surface area (Å²) < 4.78 is 5.16. The van der Waals surface area contributed by atoms with Crippen molar-refractivity contribution in [3.05, 3.63) is 52.0 Å². The average Bonchev–Trinajstić information content (AvgIpc) is 2.42. The van der Waals surface area contributed by atoms with Crippen molar-refractivity contribution in [2.24, 2.45) is 0 Å². The molecular formula is C14H12Cl2N2O2. The van der Waals surface area contributed by atoms with Gasteiger partial charge in [0.25, 0.3) is 5.91 Å². The van der Waals surface area contributed by atoms with Gasteiger partial charge in [0.1, 0.15) is 5.75 Å². The van der Waals surface area contributed by atoms with Gasteiger partial charge in [0, 0.05) is 5.02 Å². The third kappa shape index (κ3) is 2.98. The van der Waals surface area contributed by atoms with Gasteiger partial charge in [-0.1, -0.05) is 29.3 Å². The molecule has 6 heteroatoms. The van der Waals surface area contributed by atoms with Crippen LogP contribution in [-0.2, 0) is 0 Å². The van der Waals surface area contributed by atoms with Crippen LogP contribution < -0.4 is 15.8 Å². The largest absolute Gasteiger partial charge is 0.495 e. The summed E-state index contributed by atoms with van der Waals surface area (Å²) in [5.74, 6) is 0.119. The predicted molar refractivity (Wildman–Crippen MR) is 81.8 cm³/mol. The maximum atomic E-state index is 12.2. The van der Waals surface area contributed by atoms with Crippen LogP contribution in [0.1, 0.15) is 10.4 Å². The Morgan fingerprint density at radius 2 is 2.00 bits per heavy atom. The zero-order valence-electron chi connectivity index (χ0n) is 10.6. The fourth-order valence-corrected chi connectivity index (χ4v) is 2.05. The molecule has 104 valence electrons. The van der Waals surface area contributed by atoms with Gasteiger partial charge in [-0.2, -0.15) is 0 Å². The first-order valence-electron chi connectivity index (χ1n) is 5.72. The maximum Gasteiger partial charge on any atom is 0.257 e. The van der Waals surface area contributed by atoms with E-state index >= 15 is 0 Å². The number of nitrogens with one attached hydrogen (secondary N) is 1. The molecule has 0 saturated heterocycles. The average molecular weight is 311 g/mol. The number of nitrogen functional groups attached to an aromatic ring is 1. The Kier molecular flexibility index (Phi) is 4.37. The molecule has 2 aromatic rings. The Labute approximate surface area is 126 Å². The highest BCUT2D eigenvalue weighted by atomic mass is 35.5. The summed E-state index contributed by atoms with van der Waals surface area (Å²) in [7, 11) is 1.51. The molecule has 0 aliphatic carbocycles. The number of amides is 1. The first-order valence-corrected chi connectivity index (χ1v) is 6.47. The third-order valence-corrected chi connectivity index (χ3v) is 3.27. The molecule has 3 N–H and O–H groups in total. The summed E-state index contributed by atoms with van der Waals surface area (Å²) >= 11 is 11.8. The molecule has 0 aliphatic rings. The van der Waals surface area contributed by atoms with Gasteiger partial charge >= 0.3 is 0 Å². The van der Waals surface area contributed by atoms with Crippen LogP contribution in [0.4, 0.5) is 11.4 Å². The molecule has 0 heterocycles. The van der Waals surface area contributed by atoms with Gasteiger partial charge in [-0.15, -0.1) is 0 Å². The summed E-state index contributed by atoms with van der Waals surface area (Å²) in [6.07, 6.45) is 0. The van der Waals surface area contributed by atoms with Crippen molar-refractivity contribution in [1.29, 1.82) is 0 Å². The number of carbonyl (C=O) groups is 1. The molecule has 0 spiro atoms. The van der Waals surface area contributed by atoms with Crippen molar-refractivity contribution < 1.29 is 9.53 Å². The van der Waals surface area contributed by atoms with Crippen molar-refractivity contribution in [3.8, 4) is 5.75 Å². The third-order valence-electron chi connectivity index (χ3n) is 2.71.